The topological polar surface area (TPSA) is 150 Å². The number of nitrogens with one attached hydrogen (secondary N) is 1. The van der Waals surface area contributed by atoms with Crippen LogP contribution in [0.2, 0.25) is 0 Å². The highest BCUT2D eigenvalue weighted by Gasteiger charge is 2.28. The highest BCUT2D eigenvalue weighted by molar-refractivity contribution is 6.02. The van der Waals surface area contributed by atoms with E-state index in [9.17, 15) is 22.0 Å². The molecule has 3 aromatic rings. The molecule has 178 valence electrons. The van der Waals surface area contributed by atoms with E-state index in [2.05, 4.69) is 41.7 Å². The van der Waals surface area contributed by atoms with Gasteiger partial charge in [0, 0.05) is 24.0 Å². The molecule has 0 fully saturated rings. The molecule has 15 heteroatoms. The lowest BCUT2D eigenvalue weighted by atomic mass is 10.3. The normalized spacial score (nSPS) is 12.5. The molecule has 0 amide bonds. The maximum Gasteiger partial charge on any atom is 0.422 e. The summed E-state index contributed by atoms with van der Waals surface area (Å²) >= 11 is 0. The summed E-state index contributed by atoms with van der Waals surface area (Å²) in [5.41, 5.74) is 11.9. The molecular formula is C19H15F5N8O2. The summed E-state index contributed by atoms with van der Waals surface area (Å²) in [5, 5.41) is 6.22. The molecule has 0 bridgehead atoms. The second-order valence-corrected chi connectivity index (χ2v) is 6.38. The van der Waals surface area contributed by atoms with Gasteiger partial charge in [0.05, 0.1) is 5.56 Å². The number of aliphatic imine (C=N–C) groups is 2. The van der Waals surface area contributed by atoms with E-state index < -0.39 is 24.4 Å². The molecule has 0 unspecified atom stereocenters. The Bertz CT molecular complexity index is 1240. The van der Waals surface area contributed by atoms with Gasteiger partial charge < -0.3 is 26.0 Å². The van der Waals surface area contributed by atoms with Gasteiger partial charge in [-0.1, -0.05) is 11.7 Å². The summed E-state index contributed by atoms with van der Waals surface area (Å²) in [5.74, 6) is -3.24. The van der Waals surface area contributed by atoms with Crippen LogP contribution in [0.4, 0.5) is 27.6 Å². The smallest absolute Gasteiger partial charge is 0.422 e. The molecule has 0 spiro atoms. The van der Waals surface area contributed by atoms with E-state index in [1.165, 1.54) is 24.4 Å². The second-order valence-electron chi connectivity index (χ2n) is 6.38. The number of nitrogens with zero attached hydrogens (tertiary/aromatic N) is 5. The van der Waals surface area contributed by atoms with E-state index in [1.54, 1.807) is 0 Å². The maximum atomic E-state index is 13.3. The highest BCUT2D eigenvalue weighted by atomic mass is 19.4. The van der Waals surface area contributed by atoms with E-state index in [1.807, 2.05) is 0 Å². The van der Waals surface area contributed by atoms with Gasteiger partial charge in [-0.15, -0.1) is 0 Å². The van der Waals surface area contributed by atoms with Crippen LogP contribution in [0.15, 0.2) is 63.4 Å². The molecule has 2 aromatic heterocycles. The van der Waals surface area contributed by atoms with Crippen LogP contribution in [-0.4, -0.2) is 39.7 Å². The lowest BCUT2D eigenvalue weighted by Gasteiger charge is -2.07. The Morgan fingerprint density at radius 1 is 1.12 bits per heavy atom. The molecule has 0 aliphatic rings. The number of nitrogens with two attached hydrogens (primary N) is 2. The van der Waals surface area contributed by atoms with Gasteiger partial charge in [0.1, 0.15) is 5.82 Å². The Kier molecular flexibility index (Phi) is 7.04. The number of benzene rings is 1. The van der Waals surface area contributed by atoms with E-state index in [4.69, 9.17) is 16.0 Å². The van der Waals surface area contributed by atoms with Crippen LogP contribution in [0.25, 0.3) is 11.5 Å². The lowest BCUT2D eigenvalue weighted by Crippen LogP contribution is -2.21. The van der Waals surface area contributed by atoms with Crippen LogP contribution in [0.1, 0.15) is 5.82 Å². The molecule has 2 heterocycles. The zero-order valence-electron chi connectivity index (χ0n) is 17.0. The molecule has 0 saturated carbocycles. The lowest BCUT2D eigenvalue weighted by molar-refractivity contribution is -0.154. The monoisotopic (exact) mass is 482 g/mol. The van der Waals surface area contributed by atoms with Gasteiger partial charge in [-0.05, 0) is 18.2 Å². The van der Waals surface area contributed by atoms with Crippen LogP contribution in [0.3, 0.4) is 0 Å². The van der Waals surface area contributed by atoms with Crippen molar-refractivity contribution >= 4 is 17.5 Å². The molecule has 10 nitrogen and oxygen atoms in total. The fraction of sp³-hybridized carbons (Fsp3) is 0.105. The number of rotatable bonds is 7. The Labute approximate surface area is 187 Å². The van der Waals surface area contributed by atoms with Crippen molar-refractivity contribution in [3.05, 3.63) is 66.4 Å². The molecule has 1 aromatic carbocycles. The van der Waals surface area contributed by atoms with Crippen molar-refractivity contribution in [3.63, 3.8) is 0 Å². The largest absolute Gasteiger partial charge is 0.468 e. The highest BCUT2D eigenvalue weighted by Crippen LogP contribution is 2.21. The Hall–Kier alpha value is -4.56. The van der Waals surface area contributed by atoms with Crippen LogP contribution in [0, 0.1) is 11.6 Å². The number of aromatic nitrogens is 3. The number of alkyl halides is 3. The molecule has 0 atom stereocenters. The third kappa shape index (κ3) is 6.72. The van der Waals surface area contributed by atoms with Crippen molar-refractivity contribution in [1.29, 1.82) is 0 Å². The van der Waals surface area contributed by atoms with Crippen molar-refractivity contribution in [3.8, 4) is 17.3 Å². The molecular weight excluding hydrogens is 467 g/mol. The fourth-order valence-corrected chi connectivity index (χ4v) is 2.30. The number of halogens is 5. The SMILES string of the molecule is C=C(/N=C(N)\N=C(/N)c1noc(-c2ccc(OCC(F)(F)F)nc2)n1)Nc1ccc(F)c(F)c1. The van der Waals surface area contributed by atoms with Crippen molar-refractivity contribution in [2.24, 2.45) is 21.5 Å². The molecule has 34 heavy (non-hydrogen) atoms. The van der Waals surface area contributed by atoms with Crippen molar-refractivity contribution < 1.29 is 31.2 Å². The molecule has 0 saturated heterocycles. The first-order valence-electron chi connectivity index (χ1n) is 9.09. The van der Waals surface area contributed by atoms with Crippen LogP contribution < -0.4 is 21.5 Å². The first-order valence-corrected chi connectivity index (χ1v) is 9.09. The minimum absolute atomic E-state index is 0.0484. The number of amidine groups is 1. The summed E-state index contributed by atoms with van der Waals surface area (Å²) in [6, 6.07) is 5.62. The van der Waals surface area contributed by atoms with Gasteiger partial charge in [0.2, 0.25) is 17.7 Å². The first kappa shape index (κ1) is 24.1. The minimum Gasteiger partial charge on any atom is -0.468 e. The first-order chi connectivity index (χ1) is 16.0. The van der Waals surface area contributed by atoms with Crippen LogP contribution in [0.5, 0.6) is 5.88 Å². The zero-order chi connectivity index (χ0) is 24.9. The Balaban J connectivity index is 1.65. The molecule has 0 aliphatic heterocycles. The zero-order valence-corrected chi connectivity index (χ0v) is 17.0. The number of pyridine rings is 1. The standard InChI is InChI=1S/C19H15F5N8O2/c1-9(28-11-3-4-12(20)13(21)6-11)29-18(26)30-15(25)16-31-17(34-32-16)10-2-5-14(27-7-10)33-8-19(22,23)24/h2-7,28H,1,8H2,(H4,25,26,29,30). The predicted octanol–water partition coefficient (Wildman–Crippen LogP) is 2.95. The van der Waals surface area contributed by atoms with E-state index in [-0.39, 0.29) is 46.5 Å². The van der Waals surface area contributed by atoms with Crippen molar-refractivity contribution in [2.45, 2.75) is 6.18 Å². The third-order valence-corrected chi connectivity index (χ3v) is 3.71. The van der Waals surface area contributed by atoms with Gasteiger partial charge in [0.15, 0.2) is 24.1 Å². The summed E-state index contributed by atoms with van der Waals surface area (Å²) in [4.78, 5) is 15.3. The van der Waals surface area contributed by atoms with Crippen LogP contribution >= 0.6 is 0 Å². The summed E-state index contributed by atoms with van der Waals surface area (Å²) in [6.45, 7) is 2.08. The van der Waals surface area contributed by atoms with E-state index in [0.29, 0.717) is 0 Å². The molecule has 5 N–H and O–H groups in total. The number of guanidine groups is 1. The van der Waals surface area contributed by atoms with Gasteiger partial charge in [-0.2, -0.15) is 28.1 Å². The van der Waals surface area contributed by atoms with Gasteiger partial charge in [-0.3, -0.25) is 0 Å². The number of ether oxygens (including phenoxy) is 1. The summed E-state index contributed by atoms with van der Waals surface area (Å²) in [7, 11) is 0. The quantitative estimate of drug-likeness (QED) is 0.264. The molecule has 0 radical (unpaired) electrons. The Morgan fingerprint density at radius 2 is 1.88 bits per heavy atom. The second kappa shape index (κ2) is 9.93. The van der Waals surface area contributed by atoms with Crippen molar-refractivity contribution in [2.75, 3.05) is 11.9 Å². The number of hydrogen-bond acceptors (Lipinski definition) is 7. The molecule has 3 rings (SSSR count). The van der Waals surface area contributed by atoms with E-state index in [0.717, 1.165) is 12.1 Å². The maximum absolute atomic E-state index is 13.3. The average molecular weight is 482 g/mol. The average Bonchev–Trinajstić information content (AvgIpc) is 3.25. The summed E-state index contributed by atoms with van der Waals surface area (Å²) in [6.07, 6.45) is -3.33. The Morgan fingerprint density at radius 3 is 2.53 bits per heavy atom. The van der Waals surface area contributed by atoms with E-state index >= 15 is 0 Å². The summed E-state index contributed by atoms with van der Waals surface area (Å²) < 4.78 is 72.3. The number of hydrogen-bond donors (Lipinski definition) is 3. The van der Waals surface area contributed by atoms with Crippen LogP contribution in [-0.2, 0) is 0 Å². The third-order valence-electron chi connectivity index (χ3n) is 3.71. The van der Waals surface area contributed by atoms with Crippen molar-refractivity contribution in [1.82, 2.24) is 15.1 Å². The molecule has 0 aliphatic carbocycles. The van der Waals surface area contributed by atoms with Gasteiger partial charge in [-0.25, -0.2) is 13.8 Å². The minimum atomic E-state index is -4.49. The predicted molar refractivity (Wildman–Crippen MR) is 111 cm³/mol. The van der Waals surface area contributed by atoms with Gasteiger partial charge >= 0.3 is 6.18 Å². The number of anilines is 1. The fourth-order valence-electron chi connectivity index (χ4n) is 2.30. The van der Waals surface area contributed by atoms with Gasteiger partial charge in [0.25, 0.3) is 5.89 Å².